The number of benzene rings is 1. The van der Waals surface area contributed by atoms with Gasteiger partial charge >= 0.3 is 0 Å². The van der Waals surface area contributed by atoms with Crippen LogP contribution in [0.25, 0.3) is 0 Å². The quantitative estimate of drug-likeness (QED) is 0.772. The van der Waals surface area contributed by atoms with Crippen molar-refractivity contribution in [3.8, 4) is 0 Å². The molecule has 4 N–H and O–H groups in total. The van der Waals surface area contributed by atoms with E-state index in [1.165, 1.54) is 12.1 Å². The average Bonchev–Trinajstić information content (AvgIpc) is 2.75. The van der Waals surface area contributed by atoms with Gasteiger partial charge in [0.05, 0.1) is 5.69 Å². The van der Waals surface area contributed by atoms with Crippen LogP contribution in [-0.4, -0.2) is 18.6 Å². The lowest BCUT2D eigenvalue weighted by atomic mass is 10.3. The number of rotatable bonds is 4. The third-order valence-electron chi connectivity index (χ3n) is 2.67. The Morgan fingerprint density at radius 3 is 2.85 bits per heavy atom. The molecule has 1 aromatic carbocycles. The smallest absolute Gasteiger partial charge is 0.281 e. The standard InChI is InChI=1S/C11H12BrFN4O2S/c1-6-8(5-14)11(16-15-6)20(18,19)17-10-4-7(13)2-3-9(10)12/h2-4,17H,5,14H2,1H3,(H,15,16). The maximum absolute atomic E-state index is 13.2. The van der Waals surface area contributed by atoms with Crippen molar-refractivity contribution in [1.82, 2.24) is 10.2 Å². The summed E-state index contributed by atoms with van der Waals surface area (Å²) >= 11 is 3.15. The van der Waals surface area contributed by atoms with Gasteiger partial charge in [-0.05, 0) is 41.1 Å². The maximum Gasteiger partial charge on any atom is 0.281 e. The lowest BCUT2D eigenvalue weighted by molar-refractivity contribution is 0.595. The monoisotopic (exact) mass is 362 g/mol. The van der Waals surface area contributed by atoms with Crippen LogP contribution in [0.3, 0.4) is 0 Å². The molecular weight excluding hydrogens is 351 g/mol. The van der Waals surface area contributed by atoms with Crippen LogP contribution in [0.5, 0.6) is 0 Å². The predicted octanol–water partition coefficient (Wildman–Crippen LogP) is 1.88. The van der Waals surface area contributed by atoms with Gasteiger partial charge in [0.25, 0.3) is 10.0 Å². The number of anilines is 1. The van der Waals surface area contributed by atoms with Gasteiger partial charge in [0, 0.05) is 22.3 Å². The van der Waals surface area contributed by atoms with Crippen LogP contribution in [0.2, 0.25) is 0 Å². The first kappa shape index (κ1) is 14.9. The van der Waals surface area contributed by atoms with Gasteiger partial charge in [0.15, 0.2) is 0 Å². The molecule has 0 aliphatic carbocycles. The van der Waals surface area contributed by atoms with Crippen molar-refractivity contribution in [2.75, 3.05) is 4.72 Å². The topological polar surface area (TPSA) is 101 Å². The minimum atomic E-state index is -3.94. The summed E-state index contributed by atoms with van der Waals surface area (Å²) < 4.78 is 40.4. The van der Waals surface area contributed by atoms with Gasteiger partial charge in [-0.1, -0.05) is 0 Å². The molecule has 0 radical (unpaired) electrons. The van der Waals surface area contributed by atoms with E-state index >= 15 is 0 Å². The summed E-state index contributed by atoms with van der Waals surface area (Å²) in [6.45, 7) is 1.70. The van der Waals surface area contributed by atoms with E-state index in [0.717, 1.165) is 6.07 Å². The second-order valence-corrected chi connectivity index (χ2v) is 6.52. The molecule has 108 valence electrons. The fourth-order valence-electron chi connectivity index (χ4n) is 1.66. The molecule has 0 saturated heterocycles. The molecule has 0 atom stereocenters. The van der Waals surface area contributed by atoms with Gasteiger partial charge in [-0.2, -0.15) is 13.5 Å². The normalized spacial score (nSPS) is 11.6. The van der Waals surface area contributed by atoms with E-state index in [1.807, 2.05) is 0 Å². The number of aromatic nitrogens is 2. The van der Waals surface area contributed by atoms with Crippen LogP contribution >= 0.6 is 15.9 Å². The van der Waals surface area contributed by atoms with Gasteiger partial charge in [-0.25, -0.2) is 4.39 Å². The number of nitrogens with one attached hydrogen (secondary N) is 2. The molecule has 9 heteroatoms. The SMILES string of the molecule is Cc1[nH]nc(S(=O)(=O)Nc2cc(F)ccc2Br)c1CN. The minimum absolute atomic E-state index is 0.0307. The molecule has 0 aliphatic rings. The number of halogens is 2. The van der Waals surface area contributed by atoms with Crippen LogP contribution in [0.4, 0.5) is 10.1 Å². The van der Waals surface area contributed by atoms with Crippen molar-refractivity contribution in [3.63, 3.8) is 0 Å². The number of H-pyrrole nitrogens is 1. The first-order chi connectivity index (χ1) is 9.35. The van der Waals surface area contributed by atoms with Gasteiger partial charge in [0.1, 0.15) is 5.82 Å². The number of nitrogens with zero attached hydrogens (tertiary/aromatic N) is 1. The Bertz CT molecular complexity index is 745. The molecule has 1 heterocycles. The summed E-state index contributed by atoms with van der Waals surface area (Å²) in [4.78, 5) is 0. The molecule has 0 bridgehead atoms. The zero-order valence-corrected chi connectivity index (χ0v) is 12.8. The van der Waals surface area contributed by atoms with E-state index in [0.29, 0.717) is 15.7 Å². The maximum atomic E-state index is 13.2. The number of nitrogens with two attached hydrogens (primary N) is 1. The van der Waals surface area contributed by atoms with E-state index in [2.05, 4.69) is 30.8 Å². The van der Waals surface area contributed by atoms with Crippen molar-refractivity contribution in [3.05, 3.63) is 39.7 Å². The molecule has 2 aromatic rings. The zero-order chi connectivity index (χ0) is 14.9. The van der Waals surface area contributed by atoms with Gasteiger partial charge < -0.3 is 5.73 Å². The van der Waals surface area contributed by atoms with Crippen molar-refractivity contribution >= 4 is 31.6 Å². The molecule has 0 aliphatic heterocycles. The highest BCUT2D eigenvalue weighted by Gasteiger charge is 2.24. The van der Waals surface area contributed by atoms with Crippen LogP contribution in [0, 0.1) is 12.7 Å². The molecular formula is C11H12BrFN4O2S. The van der Waals surface area contributed by atoms with E-state index in [-0.39, 0.29) is 17.3 Å². The molecule has 0 fully saturated rings. The fourth-order valence-corrected chi connectivity index (χ4v) is 3.42. The Morgan fingerprint density at radius 1 is 1.50 bits per heavy atom. The Labute approximate surface area is 123 Å². The van der Waals surface area contributed by atoms with Crippen molar-refractivity contribution in [2.24, 2.45) is 5.73 Å². The second kappa shape index (κ2) is 5.51. The molecule has 0 unspecified atom stereocenters. The van der Waals surface area contributed by atoms with Crippen LogP contribution in [0.15, 0.2) is 27.7 Å². The fraction of sp³-hybridized carbons (Fsp3) is 0.182. The molecule has 0 saturated carbocycles. The molecule has 0 amide bonds. The lowest BCUT2D eigenvalue weighted by Crippen LogP contribution is -2.17. The van der Waals surface area contributed by atoms with Crippen LogP contribution in [-0.2, 0) is 16.6 Å². The molecule has 6 nitrogen and oxygen atoms in total. The number of hydrogen-bond donors (Lipinski definition) is 3. The number of aryl methyl sites for hydroxylation is 1. The molecule has 1 aromatic heterocycles. The summed E-state index contributed by atoms with van der Waals surface area (Å²) in [5, 5.41) is 6.13. The summed E-state index contributed by atoms with van der Waals surface area (Å²) in [6, 6.07) is 3.70. The Balaban J connectivity index is 2.43. The van der Waals surface area contributed by atoms with E-state index < -0.39 is 15.8 Å². The van der Waals surface area contributed by atoms with E-state index in [9.17, 15) is 12.8 Å². The van der Waals surface area contributed by atoms with Gasteiger partial charge in [-0.15, -0.1) is 0 Å². The van der Waals surface area contributed by atoms with Crippen molar-refractivity contribution in [1.29, 1.82) is 0 Å². The summed E-state index contributed by atoms with van der Waals surface area (Å²) in [5.74, 6) is -0.553. The average molecular weight is 363 g/mol. The summed E-state index contributed by atoms with van der Waals surface area (Å²) in [5.41, 5.74) is 6.58. The summed E-state index contributed by atoms with van der Waals surface area (Å²) in [6.07, 6.45) is 0. The zero-order valence-electron chi connectivity index (χ0n) is 10.4. The molecule has 2 rings (SSSR count). The van der Waals surface area contributed by atoms with E-state index in [1.54, 1.807) is 6.92 Å². The van der Waals surface area contributed by atoms with Gasteiger partial charge in [-0.3, -0.25) is 9.82 Å². The van der Waals surface area contributed by atoms with Gasteiger partial charge in [0.2, 0.25) is 5.03 Å². The third kappa shape index (κ3) is 2.84. The second-order valence-electron chi connectivity index (χ2n) is 4.07. The predicted molar refractivity (Wildman–Crippen MR) is 76.1 cm³/mol. The molecule has 0 spiro atoms. The Morgan fingerprint density at radius 2 is 2.20 bits per heavy atom. The Hall–Kier alpha value is -1.45. The summed E-state index contributed by atoms with van der Waals surface area (Å²) in [7, 11) is -3.94. The first-order valence-corrected chi connectivity index (χ1v) is 7.84. The van der Waals surface area contributed by atoms with Crippen LogP contribution in [0.1, 0.15) is 11.3 Å². The Kier molecular flexibility index (Phi) is 4.11. The molecule has 20 heavy (non-hydrogen) atoms. The van der Waals surface area contributed by atoms with Crippen molar-refractivity contribution < 1.29 is 12.8 Å². The van der Waals surface area contributed by atoms with E-state index in [4.69, 9.17) is 5.73 Å². The lowest BCUT2D eigenvalue weighted by Gasteiger charge is -2.09. The third-order valence-corrected chi connectivity index (χ3v) is 4.69. The number of hydrogen-bond acceptors (Lipinski definition) is 4. The minimum Gasteiger partial charge on any atom is -0.326 e. The highest BCUT2D eigenvalue weighted by Crippen LogP contribution is 2.26. The highest BCUT2D eigenvalue weighted by atomic mass is 79.9. The number of aromatic amines is 1. The largest absolute Gasteiger partial charge is 0.326 e. The highest BCUT2D eigenvalue weighted by molar-refractivity contribution is 9.10. The van der Waals surface area contributed by atoms with Crippen LogP contribution < -0.4 is 10.5 Å². The first-order valence-electron chi connectivity index (χ1n) is 5.57. The van der Waals surface area contributed by atoms with Crippen molar-refractivity contribution in [2.45, 2.75) is 18.5 Å². The number of sulfonamides is 1.